The van der Waals surface area contributed by atoms with E-state index in [1.54, 1.807) is 0 Å². The third-order valence-electron chi connectivity index (χ3n) is 2.95. The molecule has 2 fully saturated rings. The first-order chi connectivity index (χ1) is 4.77. The van der Waals surface area contributed by atoms with E-state index in [9.17, 15) is 0 Å². The molecule has 0 N–H and O–H groups in total. The third kappa shape index (κ3) is 1.19. The lowest BCUT2D eigenvalue weighted by Crippen LogP contribution is -2.11. The number of halogens is 2. The van der Waals surface area contributed by atoms with E-state index < -0.39 is 6.63 Å². The highest BCUT2D eigenvalue weighted by Gasteiger charge is 2.42. The molecule has 0 nitrogen and oxygen atoms in total. The summed E-state index contributed by atoms with van der Waals surface area (Å²) >= 11 is 11.8. The molecule has 0 radical (unpaired) electrons. The van der Waals surface area contributed by atoms with E-state index >= 15 is 0 Å². The highest BCUT2D eigenvalue weighted by molar-refractivity contribution is 8.04. The highest BCUT2D eigenvalue weighted by Crippen LogP contribution is 2.63. The molecule has 3 atom stereocenters. The van der Waals surface area contributed by atoms with Gasteiger partial charge in [0.05, 0.1) is 6.63 Å². The van der Waals surface area contributed by atoms with Crippen LogP contribution in [-0.4, -0.2) is 5.66 Å². The molecule has 10 heavy (non-hydrogen) atoms. The molecule has 0 unspecified atom stereocenters. The average Bonchev–Trinajstić information content (AvgIpc) is 2.44. The van der Waals surface area contributed by atoms with Crippen molar-refractivity contribution in [1.29, 1.82) is 0 Å². The minimum Gasteiger partial charge on any atom is -0.0778 e. The normalized spacial score (nSPS) is 45.3. The maximum atomic E-state index is 5.91. The first kappa shape index (κ1) is 7.65. The van der Waals surface area contributed by atoms with Crippen molar-refractivity contribution in [3.05, 3.63) is 0 Å². The Morgan fingerprint density at radius 1 is 1.10 bits per heavy atom. The predicted octanol–water partition coefficient (Wildman–Crippen LogP) is 3.96. The summed E-state index contributed by atoms with van der Waals surface area (Å²) in [4.78, 5) is 0. The molecule has 2 bridgehead atoms. The molecule has 0 heterocycles. The van der Waals surface area contributed by atoms with Gasteiger partial charge in [0.1, 0.15) is 0 Å². The van der Waals surface area contributed by atoms with Crippen molar-refractivity contribution in [1.82, 2.24) is 0 Å². The topological polar surface area (TPSA) is 0 Å². The van der Waals surface area contributed by atoms with Gasteiger partial charge in [-0.3, -0.25) is 0 Å². The van der Waals surface area contributed by atoms with E-state index in [2.05, 4.69) is 0 Å². The Morgan fingerprint density at radius 3 is 2.20 bits per heavy atom. The zero-order valence-electron chi connectivity index (χ0n) is 5.76. The van der Waals surface area contributed by atoms with Crippen LogP contribution in [0.4, 0.5) is 0 Å². The van der Waals surface area contributed by atoms with E-state index in [-0.39, 0.29) is 0 Å². The Labute approximate surface area is 72.6 Å². The molecule has 0 amide bonds. The summed E-state index contributed by atoms with van der Waals surface area (Å²) < 4.78 is 0. The van der Waals surface area contributed by atoms with Crippen LogP contribution in [0.2, 0.25) is 0 Å². The number of rotatable bonds is 1. The van der Waals surface area contributed by atoms with Gasteiger partial charge in [0.2, 0.25) is 0 Å². The minimum absolute atomic E-state index is 0.672. The van der Waals surface area contributed by atoms with Crippen molar-refractivity contribution in [2.75, 3.05) is 0 Å². The summed E-state index contributed by atoms with van der Waals surface area (Å²) in [5.74, 6) is 1.88. The second kappa shape index (κ2) is 2.81. The zero-order valence-corrected chi connectivity index (χ0v) is 8.17. The monoisotopic (exact) mass is 196 g/mol. The summed E-state index contributed by atoms with van der Waals surface area (Å²) in [5.41, 5.74) is 0.692. The molecule has 2 rings (SSSR count). The van der Waals surface area contributed by atoms with E-state index in [4.69, 9.17) is 22.5 Å². The maximum absolute atomic E-state index is 5.91. The molecule has 2 saturated carbocycles. The largest absolute Gasteiger partial charge is 0.0889 e. The summed E-state index contributed by atoms with van der Waals surface area (Å²) in [5, 5.41) is 0. The van der Waals surface area contributed by atoms with E-state index in [0.29, 0.717) is 5.66 Å². The fraction of sp³-hybridized carbons (Fsp3) is 1.00. The molecule has 0 aromatic carbocycles. The van der Waals surface area contributed by atoms with Crippen molar-refractivity contribution >= 4 is 29.1 Å². The van der Waals surface area contributed by atoms with Crippen LogP contribution in [0, 0.1) is 11.8 Å². The zero-order chi connectivity index (χ0) is 7.14. The van der Waals surface area contributed by atoms with Gasteiger partial charge >= 0.3 is 0 Å². The van der Waals surface area contributed by atoms with Crippen LogP contribution in [0.3, 0.4) is 0 Å². The molecule has 0 aromatic rings. The van der Waals surface area contributed by atoms with Crippen LogP contribution in [0.15, 0.2) is 0 Å². The number of hydrogen-bond donors (Lipinski definition) is 0. The third-order valence-corrected chi connectivity index (χ3v) is 5.59. The summed E-state index contributed by atoms with van der Waals surface area (Å²) in [7, 11) is 0. The summed E-state index contributed by atoms with van der Waals surface area (Å²) in [6.45, 7) is -0.672. The summed E-state index contributed by atoms with van der Waals surface area (Å²) in [6.07, 6.45) is 5.58. The van der Waals surface area contributed by atoms with Crippen molar-refractivity contribution in [2.45, 2.75) is 31.3 Å². The molecule has 0 saturated heterocycles. The van der Waals surface area contributed by atoms with Crippen LogP contribution in [0.1, 0.15) is 25.7 Å². The minimum atomic E-state index is -0.672. The number of fused-ring (bicyclic) bond motifs is 2. The van der Waals surface area contributed by atoms with Crippen molar-refractivity contribution in [3.8, 4) is 0 Å². The van der Waals surface area contributed by atoms with Gasteiger partial charge in [-0.25, -0.2) is 0 Å². The second-order valence-corrected chi connectivity index (χ2v) is 7.39. The molecule has 3 heteroatoms. The quantitative estimate of drug-likeness (QED) is 0.558. The van der Waals surface area contributed by atoms with E-state index in [1.165, 1.54) is 25.7 Å². The van der Waals surface area contributed by atoms with Gasteiger partial charge < -0.3 is 0 Å². The van der Waals surface area contributed by atoms with Crippen LogP contribution >= 0.6 is 29.1 Å². The van der Waals surface area contributed by atoms with Crippen LogP contribution in [-0.2, 0) is 0 Å². The molecule has 0 aromatic heterocycles. The highest BCUT2D eigenvalue weighted by atomic mass is 35.9. The van der Waals surface area contributed by atoms with Gasteiger partial charge in [-0.2, -0.15) is 0 Å². The first-order valence-corrected chi connectivity index (χ1v) is 7.10. The van der Waals surface area contributed by atoms with Crippen molar-refractivity contribution in [2.24, 2.45) is 11.8 Å². The van der Waals surface area contributed by atoms with Gasteiger partial charge in [-0.15, -0.1) is 0 Å². The van der Waals surface area contributed by atoms with Gasteiger partial charge in [0.25, 0.3) is 0 Å². The van der Waals surface area contributed by atoms with E-state index in [0.717, 1.165) is 11.8 Å². The number of hydrogen-bond acceptors (Lipinski definition) is 0. The first-order valence-electron chi connectivity index (χ1n) is 3.88. The van der Waals surface area contributed by atoms with Crippen molar-refractivity contribution in [3.63, 3.8) is 0 Å². The summed E-state index contributed by atoms with van der Waals surface area (Å²) in [6, 6.07) is 0. The molecule has 0 aliphatic heterocycles. The Bertz CT molecular complexity index is 138. The van der Waals surface area contributed by atoms with Crippen LogP contribution in [0.5, 0.6) is 0 Å². The average molecular weight is 197 g/mol. The standard InChI is InChI=1S/C7H11Cl2P/c8-10(9)7-4-5-1-2-6(7)3-5/h5-7H,1-4H2/t5-,6+,7-/m0/s1. The van der Waals surface area contributed by atoms with Crippen molar-refractivity contribution < 1.29 is 0 Å². The van der Waals surface area contributed by atoms with Crippen LogP contribution in [0.25, 0.3) is 0 Å². The smallest absolute Gasteiger partial charge is 0.0778 e. The SMILES string of the molecule is ClP(Cl)[C@H]1C[C@H]2CC[C@@H]1C2. The molecule has 58 valence electrons. The van der Waals surface area contributed by atoms with Gasteiger partial charge in [0, 0.05) is 5.66 Å². The lowest BCUT2D eigenvalue weighted by atomic mass is 10.0. The Morgan fingerprint density at radius 2 is 1.90 bits per heavy atom. The lowest BCUT2D eigenvalue weighted by Gasteiger charge is -2.21. The Kier molecular flexibility index (Phi) is 2.15. The van der Waals surface area contributed by atoms with Gasteiger partial charge in [-0.05, 0) is 31.1 Å². The van der Waals surface area contributed by atoms with E-state index in [1.807, 2.05) is 0 Å². The van der Waals surface area contributed by atoms with Crippen LogP contribution < -0.4 is 0 Å². The molecule has 2 aliphatic rings. The fourth-order valence-electron chi connectivity index (χ4n) is 2.45. The molecule has 2 aliphatic carbocycles. The predicted molar refractivity (Wildman–Crippen MR) is 47.9 cm³/mol. The van der Waals surface area contributed by atoms with Gasteiger partial charge in [-0.1, -0.05) is 28.9 Å². The molecular weight excluding hydrogens is 186 g/mol. The molecule has 0 spiro atoms. The molecular formula is C7H11Cl2P. The Balaban J connectivity index is 2.02. The Hall–Kier alpha value is 1.01. The van der Waals surface area contributed by atoms with Gasteiger partial charge in [0.15, 0.2) is 0 Å². The fourth-order valence-corrected chi connectivity index (χ4v) is 4.93. The second-order valence-electron chi connectivity index (χ2n) is 3.50. The lowest BCUT2D eigenvalue weighted by molar-refractivity contribution is 0.490. The maximum Gasteiger partial charge on any atom is 0.0889 e.